The fourth-order valence-corrected chi connectivity index (χ4v) is 6.01. The van der Waals surface area contributed by atoms with Crippen molar-refractivity contribution in [2.24, 2.45) is 5.92 Å². The Hall–Kier alpha value is -2.01. The highest BCUT2D eigenvalue weighted by Crippen LogP contribution is 2.56. The minimum Gasteiger partial charge on any atom is -0.497 e. The van der Waals surface area contributed by atoms with Gasteiger partial charge < -0.3 is 14.4 Å². The van der Waals surface area contributed by atoms with E-state index in [0.717, 1.165) is 31.7 Å². The molecule has 4 aliphatic rings. The molecule has 1 aromatic rings. The predicted molar refractivity (Wildman–Crippen MR) is 99.6 cm³/mol. The number of rotatable bonds is 2. The summed E-state index contributed by atoms with van der Waals surface area (Å²) in [5.74, 6) is 1.52. The number of anilines is 1. The number of nitrogens with zero attached hydrogens (tertiary/aromatic N) is 2. The number of fused-ring (bicyclic) bond motifs is 4. The van der Waals surface area contributed by atoms with E-state index < -0.39 is 0 Å². The zero-order valence-corrected chi connectivity index (χ0v) is 15.6. The largest absolute Gasteiger partial charge is 0.497 e. The van der Waals surface area contributed by atoms with E-state index in [2.05, 4.69) is 34.9 Å². The molecule has 26 heavy (non-hydrogen) atoms. The molecule has 3 saturated heterocycles. The molecular weight excluding hydrogens is 328 g/mol. The Kier molecular flexibility index (Phi) is 3.58. The van der Waals surface area contributed by atoms with Gasteiger partial charge in [0, 0.05) is 30.1 Å². The van der Waals surface area contributed by atoms with Gasteiger partial charge in [0.05, 0.1) is 20.3 Å². The topological polar surface area (TPSA) is 42.0 Å². The van der Waals surface area contributed by atoms with Crippen LogP contribution in [-0.2, 0) is 9.53 Å². The van der Waals surface area contributed by atoms with E-state index in [9.17, 15) is 4.79 Å². The third kappa shape index (κ3) is 1.98. The van der Waals surface area contributed by atoms with E-state index in [1.807, 2.05) is 6.07 Å². The first-order chi connectivity index (χ1) is 12.7. The zero-order valence-electron chi connectivity index (χ0n) is 15.6. The molecule has 0 amide bonds. The second-order valence-electron chi connectivity index (χ2n) is 7.93. The van der Waals surface area contributed by atoms with Crippen LogP contribution in [0.5, 0.6) is 5.75 Å². The van der Waals surface area contributed by atoms with Gasteiger partial charge in [0.2, 0.25) is 0 Å². The van der Waals surface area contributed by atoms with Crippen LogP contribution in [-0.4, -0.2) is 56.3 Å². The second-order valence-corrected chi connectivity index (χ2v) is 7.93. The first-order valence-corrected chi connectivity index (χ1v) is 9.61. The monoisotopic (exact) mass is 354 g/mol. The number of carbonyl (C=O) groups excluding carboxylic acids is 1. The van der Waals surface area contributed by atoms with Crippen molar-refractivity contribution in [2.45, 2.75) is 43.8 Å². The quantitative estimate of drug-likeness (QED) is 0.603. The SMILES string of the molecule is CC=C1CN2CCC3c4cc(OC)ccc4N4C(C(=O)OC)C1CC2C34. The van der Waals surface area contributed by atoms with Crippen molar-refractivity contribution in [3.8, 4) is 5.75 Å². The molecule has 0 aliphatic carbocycles. The lowest BCUT2D eigenvalue weighted by molar-refractivity contribution is -0.145. The van der Waals surface area contributed by atoms with E-state index in [1.165, 1.54) is 23.9 Å². The van der Waals surface area contributed by atoms with Crippen molar-refractivity contribution in [1.29, 1.82) is 0 Å². The normalized spacial score (nSPS) is 36.0. The fraction of sp³-hybridized carbons (Fsp3) is 0.571. The maximum atomic E-state index is 12.9. The molecule has 5 unspecified atom stereocenters. The van der Waals surface area contributed by atoms with Crippen LogP contribution in [0.25, 0.3) is 0 Å². The molecular formula is C21H26N2O3. The Labute approximate surface area is 154 Å². The molecule has 5 atom stereocenters. The Balaban J connectivity index is 1.69. The van der Waals surface area contributed by atoms with Crippen molar-refractivity contribution >= 4 is 11.7 Å². The predicted octanol–water partition coefficient (Wildman–Crippen LogP) is 2.56. The number of methoxy groups -OCH3 is 2. The maximum absolute atomic E-state index is 12.9. The number of allylic oxidation sites excluding steroid dienone is 1. The van der Waals surface area contributed by atoms with Crippen LogP contribution in [0.2, 0.25) is 0 Å². The average Bonchev–Trinajstić information content (AvgIpc) is 3.01. The van der Waals surface area contributed by atoms with Gasteiger partial charge in [-0.15, -0.1) is 0 Å². The van der Waals surface area contributed by atoms with Crippen LogP contribution in [0.15, 0.2) is 29.8 Å². The summed E-state index contributed by atoms with van der Waals surface area (Å²) in [5, 5.41) is 0. The van der Waals surface area contributed by atoms with Gasteiger partial charge in [-0.1, -0.05) is 11.6 Å². The van der Waals surface area contributed by atoms with E-state index in [-0.39, 0.29) is 17.9 Å². The Morgan fingerprint density at radius 1 is 1.27 bits per heavy atom. The average molecular weight is 354 g/mol. The first-order valence-electron chi connectivity index (χ1n) is 9.61. The van der Waals surface area contributed by atoms with Crippen molar-refractivity contribution in [1.82, 2.24) is 4.90 Å². The van der Waals surface area contributed by atoms with Gasteiger partial charge in [-0.3, -0.25) is 4.90 Å². The molecule has 2 bridgehead atoms. The lowest BCUT2D eigenvalue weighted by atomic mass is 9.69. The van der Waals surface area contributed by atoms with Crippen LogP contribution in [0.3, 0.4) is 0 Å². The molecule has 5 rings (SSSR count). The smallest absolute Gasteiger partial charge is 0.329 e. The number of hydrogen-bond acceptors (Lipinski definition) is 5. The van der Waals surface area contributed by atoms with E-state index in [4.69, 9.17) is 9.47 Å². The Bertz CT molecular complexity index is 789. The fourth-order valence-electron chi connectivity index (χ4n) is 6.01. The minimum absolute atomic E-state index is 0.103. The Morgan fingerprint density at radius 2 is 2.12 bits per heavy atom. The van der Waals surface area contributed by atoms with Gasteiger partial charge in [0.25, 0.3) is 0 Å². The summed E-state index contributed by atoms with van der Waals surface area (Å²) in [6.45, 7) is 4.23. The second kappa shape index (κ2) is 5.74. The molecule has 0 spiro atoms. The summed E-state index contributed by atoms with van der Waals surface area (Å²) >= 11 is 0. The number of ether oxygens (including phenoxy) is 2. The molecule has 4 heterocycles. The van der Waals surface area contributed by atoms with Crippen LogP contribution >= 0.6 is 0 Å². The highest BCUT2D eigenvalue weighted by molar-refractivity contribution is 5.84. The number of hydrogen-bond donors (Lipinski definition) is 0. The van der Waals surface area contributed by atoms with E-state index >= 15 is 0 Å². The Morgan fingerprint density at radius 3 is 2.85 bits per heavy atom. The molecule has 0 N–H and O–H groups in total. The summed E-state index contributed by atoms with van der Waals surface area (Å²) in [5.41, 5.74) is 3.93. The van der Waals surface area contributed by atoms with Crippen LogP contribution in [0.1, 0.15) is 31.2 Å². The van der Waals surface area contributed by atoms with Gasteiger partial charge in [0.1, 0.15) is 11.8 Å². The third-order valence-corrected chi connectivity index (χ3v) is 7.09. The standard InChI is InChI=1S/C21H26N2O3/c1-4-12-11-22-8-7-14-16-9-13(25-2)5-6-17(16)23-19(14)18(22)10-15(12)20(23)21(24)26-3/h4-6,9,14-15,18-20H,7-8,10-11H2,1-3H3. The van der Waals surface area contributed by atoms with Crippen molar-refractivity contribution in [2.75, 3.05) is 32.2 Å². The van der Waals surface area contributed by atoms with Gasteiger partial charge in [-0.05, 0) is 50.1 Å². The van der Waals surface area contributed by atoms with Crippen molar-refractivity contribution < 1.29 is 14.3 Å². The third-order valence-electron chi connectivity index (χ3n) is 7.09. The number of esters is 1. The minimum atomic E-state index is -0.218. The van der Waals surface area contributed by atoms with Gasteiger partial charge in [-0.25, -0.2) is 4.79 Å². The van der Waals surface area contributed by atoms with Crippen molar-refractivity contribution in [3.63, 3.8) is 0 Å². The summed E-state index contributed by atoms with van der Waals surface area (Å²) in [4.78, 5) is 17.9. The number of benzene rings is 1. The van der Waals surface area contributed by atoms with Gasteiger partial charge in [-0.2, -0.15) is 0 Å². The molecule has 4 aliphatic heterocycles. The lowest BCUT2D eigenvalue weighted by Crippen LogP contribution is -2.69. The van der Waals surface area contributed by atoms with Crippen LogP contribution in [0.4, 0.5) is 5.69 Å². The summed E-state index contributed by atoms with van der Waals surface area (Å²) in [6.07, 6.45) is 4.41. The summed E-state index contributed by atoms with van der Waals surface area (Å²) < 4.78 is 10.8. The zero-order chi connectivity index (χ0) is 18.0. The highest BCUT2D eigenvalue weighted by atomic mass is 16.5. The molecule has 1 aromatic carbocycles. The highest BCUT2D eigenvalue weighted by Gasteiger charge is 2.59. The van der Waals surface area contributed by atoms with Crippen molar-refractivity contribution in [3.05, 3.63) is 35.4 Å². The number of carbonyl (C=O) groups is 1. The molecule has 138 valence electrons. The molecule has 3 fully saturated rings. The maximum Gasteiger partial charge on any atom is 0.329 e. The van der Waals surface area contributed by atoms with Gasteiger partial charge >= 0.3 is 5.97 Å². The summed E-state index contributed by atoms with van der Waals surface area (Å²) in [7, 11) is 3.23. The molecule has 0 radical (unpaired) electrons. The first kappa shape index (κ1) is 16.2. The van der Waals surface area contributed by atoms with Gasteiger partial charge in [0.15, 0.2) is 0 Å². The van der Waals surface area contributed by atoms with E-state index in [0.29, 0.717) is 18.0 Å². The molecule has 5 nitrogen and oxygen atoms in total. The lowest BCUT2D eigenvalue weighted by Gasteiger charge is -2.58. The molecule has 5 heteroatoms. The molecule has 0 aromatic heterocycles. The number of piperidine rings is 3. The van der Waals surface area contributed by atoms with Crippen LogP contribution in [0, 0.1) is 5.92 Å². The summed E-state index contributed by atoms with van der Waals surface area (Å²) in [6, 6.07) is 7.01. The molecule has 0 saturated carbocycles. The van der Waals surface area contributed by atoms with E-state index in [1.54, 1.807) is 7.11 Å². The van der Waals surface area contributed by atoms with Crippen LogP contribution < -0.4 is 9.64 Å².